The Labute approximate surface area is 123 Å². The number of carbonyl (C=O) groups is 1. The Morgan fingerprint density at radius 3 is 2.76 bits per heavy atom. The molecule has 0 saturated heterocycles. The van der Waals surface area contributed by atoms with Gasteiger partial charge in [-0.05, 0) is 44.7 Å². The summed E-state index contributed by atoms with van der Waals surface area (Å²) in [5.41, 5.74) is 1.53. The SMILES string of the molecule is CC1Nc2cccc(OC3CCCC3)c2C(=N)C1C(=O)O. The Hall–Kier alpha value is -2.04. The van der Waals surface area contributed by atoms with Gasteiger partial charge in [0.05, 0.1) is 17.4 Å². The molecule has 5 heteroatoms. The van der Waals surface area contributed by atoms with E-state index in [1.165, 1.54) is 12.8 Å². The summed E-state index contributed by atoms with van der Waals surface area (Å²) in [5.74, 6) is -1.18. The number of benzene rings is 1. The zero-order valence-electron chi connectivity index (χ0n) is 12.1. The molecule has 1 aromatic carbocycles. The van der Waals surface area contributed by atoms with Crippen LogP contribution in [0.1, 0.15) is 38.2 Å². The van der Waals surface area contributed by atoms with Crippen molar-refractivity contribution in [3.63, 3.8) is 0 Å². The molecule has 3 rings (SSSR count). The van der Waals surface area contributed by atoms with Gasteiger partial charge >= 0.3 is 5.97 Å². The maximum Gasteiger partial charge on any atom is 0.314 e. The van der Waals surface area contributed by atoms with Gasteiger partial charge in [0.1, 0.15) is 11.7 Å². The van der Waals surface area contributed by atoms with Gasteiger partial charge in [0.25, 0.3) is 0 Å². The Morgan fingerprint density at radius 2 is 2.10 bits per heavy atom. The summed E-state index contributed by atoms with van der Waals surface area (Å²) in [5, 5.41) is 20.8. The van der Waals surface area contributed by atoms with Crippen molar-refractivity contribution in [3.8, 4) is 5.75 Å². The minimum Gasteiger partial charge on any atom is -0.490 e. The molecule has 21 heavy (non-hydrogen) atoms. The minimum atomic E-state index is -0.971. The number of fused-ring (bicyclic) bond motifs is 1. The van der Waals surface area contributed by atoms with Gasteiger partial charge in [0.15, 0.2) is 0 Å². The van der Waals surface area contributed by atoms with E-state index in [1.807, 2.05) is 18.2 Å². The van der Waals surface area contributed by atoms with Crippen molar-refractivity contribution in [1.82, 2.24) is 0 Å². The Morgan fingerprint density at radius 1 is 1.38 bits per heavy atom. The van der Waals surface area contributed by atoms with Crippen LogP contribution in [0.3, 0.4) is 0 Å². The van der Waals surface area contributed by atoms with Crippen LogP contribution in [0.4, 0.5) is 5.69 Å². The highest BCUT2D eigenvalue weighted by atomic mass is 16.5. The summed E-state index contributed by atoms with van der Waals surface area (Å²) >= 11 is 0. The predicted octanol–water partition coefficient (Wildman–Crippen LogP) is 2.89. The van der Waals surface area contributed by atoms with Gasteiger partial charge in [-0.2, -0.15) is 0 Å². The molecule has 2 unspecified atom stereocenters. The Balaban J connectivity index is 1.96. The molecule has 1 aliphatic heterocycles. The minimum absolute atomic E-state index is 0.136. The van der Waals surface area contributed by atoms with Crippen LogP contribution < -0.4 is 10.1 Å². The molecule has 2 aliphatic rings. The van der Waals surface area contributed by atoms with E-state index in [4.69, 9.17) is 10.1 Å². The molecule has 1 saturated carbocycles. The van der Waals surface area contributed by atoms with Crippen molar-refractivity contribution in [2.75, 3.05) is 5.32 Å². The summed E-state index contributed by atoms with van der Waals surface area (Å²) < 4.78 is 6.03. The molecule has 0 radical (unpaired) electrons. The molecule has 1 fully saturated rings. The van der Waals surface area contributed by atoms with E-state index in [0.717, 1.165) is 18.5 Å². The lowest BCUT2D eigenvalue weighted by Crippen LogP contribution is -2.42. The van der Waals surface area contributed by atoms with Crippen LogP contribution >= 0.6 is 0 Å². The fourth-order valence-electron chi connectivity index (χ4n) is 3.28. The second-order valence-electron chi connectivity index (χ2n) is 5.87. The van der Waals surface area contributed by atoms with Crippen LogP contribution in [-0.2, 0) is 4.79 Å². The monoisotopic (exact) mass is 288 g/mol. The smallest absolute Gasteiger partial charge is 0.314 e. The molecule has 1 aliphatic carbocycles. The van der Waals surface area contributed by atoms with E-state index < -0.39 is 11.9 Å². The fraction of sp³-hybridized carbons (Fsp3) is 0.500. The molecule has 1 aromatic rings. The number of hydrogen-bond donors (Lipinski definition) is 3. The third kappa shape index (κ3) is 2.48. The van der Waals surface area contributed by atoms with Gasteiger partial charge in [-0.15, -0.1) is 0 Å². The van der Waals surface area contributed by atoms with Crippen LogP contribution in [0.2, 0.25) is 0 Å². The summed E-state index contributed by atoms with van der Waals surface area (Å²) in [7, 11) is 0. The number of nitrogens with one attached hydrogen (secondary N) is 2. The summed E-state index contributed by atoms with van der Waals surface area (Å²) in [6, 6.07) is 5.30. The largest absolute Gasteiger partial charge is 0.490 e. The van der Waals surface area contributed by atoms with E-state index in [1.54, 1.807) is 6.92 Å². The molecule has 112 valence electrons. The Bertz CT molecular complexity index is 579. The highest BCUT2D eigenvalue weighted by Crippen LogP contribution is 2.36. The molecule has 3 N–H and O–H groups in total. The summed E-state index contributed by atoms with van der Waals surface area (Å²) in [6.45, 7) is 1.79. The molecule has 2 atom stereocenters. The van der Waals surface area contributed by atoms with E-state index >= 15 is 0 Å². The highest BCUT2D eigenvalue weighted by molar-refractivity contribution is 6.16. The first kappa shape index (κ1) is 13.9. The molecule has 1 heterocycles. The van der Waals surface area contributed by atoms with E-state index in [-0.39, 0.29) is 17.9 Å². The standard InChI is InChI=1S/C16H20N2O3/c1-9-13(16(19)20)15(17)14-11(18-9)7-4-8-12(14)21-10-5-2-3-6-10/h4,7-10,13,17-18H,2-3,5-6H2,1H3,(H,19,20). The van der Waals surface area contributed by atoms with Crippen molar-refractivity contribution >= 4 is 17.4 Å². The van der Waals surface area contributed by atoms with Crippen molar-refractivity contribution in [3.05, 3.63) is 23.8 Å². The van der Waals surface area contributed by atoms with Gasteiger partial charge < -0.3 is 20.6 Å². The van der Waals surface area contributed by atoms with Crippen molar-refractivity contribution in [2.24, 2.45) is 5.92 Å². The number of aliphatic carboxylic acids is 1. The third-order valence-corrected chi connectivity index (χ3v) is 4.35. The first-order valence-corrected chi connectivity index (χ1v) is 7.45. The zero-order valence-corrected chi connectivity index (χ0v) is 12.1. The van der Waals surface area contributed by atoms with E-state index in [9.17, 15) is 9.90 Å². The average Bonchev–Trinajstić information content (AvgIpc) is 2.90. The van der Waals surface area contributed by atoms with Crippen LogP contribution in [0.15, 0.2) is 18.2 Å². The first-order valence-electron chi connectivity index (χ1n) is 7.45. The molecule has 0 aromatic heterocycles. The van der Waals surface area contributed by atoms with Crippen LogP contribution in [-0.4, -0.2) is 28.9 Å². The second kappa shape index (κ2) is 5.39. The van der Waals surface area contributed by atoms with Gasteiger partial charge in [0.2, 0.25) is 0 Å². The highest BCUT2D eigenvalue weighted by Gasteiger charge is 2.37. The van der Waals surface area contributed by atoms with Crippen LogP contribution in [0.5, 0.6) is 5.75 Å². The van der Waals surface area contributed by atoms with Gasteiger partial charge in [0, 0.05) is 11.7 Å². The molecule has 0 bridgehead atoms. The fourth-order valence-corrected chi connectivity index (χ4v) is 3.28. The topological polar surface area (TPSA) is 82.4 Å². The van der Waals surface area contributed by atoms with Crippen LogP contribution in [0.25, 0.3) is 0 Å². The number of rotatable bonds is 3. The van der Waals surface area contributed by atoms with E-state index in [0.29, 0.717) is 11.3 Å². The van der Waals surface area contributed by atoms with Gasteiger partial charge in [-0.25, -0.2) is 0 Å². The summed E-state index contributed by atoms with van der Waals surface area (Å²) in [4.78, 5) is 11.4. The Kier molecular flexibility index (Phi) is 3.57. The zero-order chi connectivity index (χ0) is 15.0. The molecular weight excluding hydrogens is 268 g/mol. The molecule has 0 spiro atoms. The maximum atomic E-state index is 11.4. The summed E-state index contributed by atoms with van der Waals surface area (Å²) in [6.07, 6.45) is 4.59. The first-order chi connectivity index (χ1) is 10.1. The van der Waals surface area contributed by atoms with Crippen molar-refractivity contribution in [1.29, 1.82) is 5.41 Å². The van der Waals surface area contributed by atoms with Gasteiger partial charge in [-0.1, -0.05) is 6.07 Å². The van der Waals surface area contributed by atoms with Crippen molar-refractivity contribution in [2.45, 2.75) is 44.8 Å². The predicted molar refractivity (Wildman–Crippen MR) is 80.4 cm³/mol. The number of anilines is 1. The second-order valence-corrected chi connectivity index (χ2v) is 5.87. The maximum absolute atomic E-state index is 11.4. The van der Waals surface area contributed by atoms with Crippen molar-refractivity contribution < 1.29 is 14.6 Å². The van der Waals surface area contributed by atoms with E-state index in [2.05, 4.69) is 5.32 Å². The van der Waals surface area contributed by atoms with Gasteiger partial charge in [-0.3, -0.25) is 4.79 Å². The lowest BCUT2D eigenvalue weighted by molar-refractivity contribution is -0.139. The molecule has 5 nitrogen and oxygen atoms in total. The number of carboxylic acid groups (broad SMARTS) is 1. The number of ether oxygens (including phenoxy) is 1. The quantitative estimate of drug-likeness (QED) is 0.798. The lowest BCUT2D eigenvalue weighted by Gasteiger charge is -2.32. The lowest BCUT2D eigenvalue weighted by atomic mass is 9.85. The number of carboxylic acids is 1. The van der Waals surface area contributed by atoms with Crippen LogP contribution in [0, 0.1) is 11.3 Å². The average molecular weight is 288 g/mol. The normalized spacial score (nSPS) is 25.3. The number of hydrogen-bond acceptors (Lipinski definition) is 4. The molecular formula is C16H20N2O3. The molecule has 0 amide bonds. The third-order valence-electron chi connectivity index (χ3n) is 4.35.